The molecule has 84 valence electrons. The van der Waals surface area contributed by atoms with Gasteiger partial charge in [-0.3, -0.25) is 0 Å². The third-order valence-electron chi connectivity index (χ3n) is 2.76. The predicted molar refractivity (Wildman–Crippen MR) is 63.7 cm³/mol. The highest BCUT2D eigenvalue weighted by Gasteiger charge is 2.24. The van der Waals surface area contributed by atoms with Crippen molar-refractivity contribution >= 4 is 0 Å². The van der Waals surface area contributed by atoms with Crippen molar-refractivity contribution in [2.45, 2.75) is 39.0 Å². The molecule has 1 aromatic carbocycles. The molecule has 0 saturated heterocycles. The van der Waals surface area contributed by atoms with Crippen molar-refractivity contribution in [2.75, 3.05) is 6.61 Å². The first-order valence-corrected chi connectivity index (χ1v) is 5.40. The molecule has 0 spiro atoms. The standard InChI is InChI=1S/C13H21NO/c1-10(2)11-7-5-6-8-12(11)13(3,4)9-15-14/h5-8,10H,9,14H2,1-4H3. The molecule has 2 N–H and O–H groups in total. The monoisotopic (exact) mass is 207 g/mol. The van der Waals surface area contributed by atoms with Crippen molar-refractivity contribution in [3.63, 3.8) is 0 Å². The molecule has 0 heterocycles. The second-order valence-corrected chi connectivity index (χ2v) is 4.94. The summed E-state index contributed by atoms with van der Waals surface area (Å²) in [5.74, 6) is 5.70. The zero-order chi connectivity index (χ0) is 11.5. The summed E-state index contributed by atoms with van der Waals surface area (Å²) in [4.78, 5) is 4.80. The molecule has 0 aliphatic rings. The largest absolute Gasteiger partial charge is 0.304 e. The van der Waals surface area contributed by atoms with Crippen LogP contribution in [-0.2, 0) is 10.3 Å². The molecule has 1 rings (SSSR count). The SMILES string of the molecule is CC(C)c1ccccc1C(C)(C)CON. The molecule has 0 aliphatic carbocycles. The average molecular weight is 207 g/mol. The molecule has 0 atom stereocenters. The maximum absolute atomic E-state index is 5.18. The minimum atomic E-state index is -0.0321. The van der Waals surface area contributed by atoms with E-state index in [1.54, 1.807) is 0 Å². The van der Waals surface area contributed by atoms with E-state index in [0.29, 0.717) is 12.5 Å². The van der Waals surface area contributed by atoms with Gasteiger partial charge in [0.25, 0.3) is 0 Å². The molecule has 0 radical (unpaired) electrons. The summed E-state index contributed by atoms with van der Waals surface area (Å²) in [7, 11) is 0. The summed E-state index contributed by atoms with van der Waals surface area (Å²) in [6, 6.07) is 8.49. The maximum Gasteiger partial charge on any atom is 0.0770 e. The molecule has 0 saturated carbocycles. The Labute approximate surface area is 92.4 Å². The van der Waals surface area contributed by atoms with Crippen molar-refractivity contribution < 1.29 is 4.84 Å². The van der Waals surface area contributed by atoms with Gasteiger partial charge in [-0.15, -0.1) is 0 Å². The highest BCUT2D eigenvalue weighted by Crippen LogP contribution is 2.30. The van der Waals surface area contributed by atoms with Gasteiger partial charge in [-0.25, -0.2) is 5.90 Å². The minimum Gasteiger partial charge on any atom is -0.304 e. The molecule has 15 heavy (non-hydrogen) atoms. The second kappa shape index (κ2) is 4.77. The van der Waals surface area contributed by atoms with Gasteiger partial charge in [0.05, 0.1) is 6.61 Å². The van der Waals surface area contributed by atoms with E-state index in [-0.39, 0.29) is 5.41 Å². The first kappa shape index (κ1) is 12.2. The Morgan fingerprint density at radius 1 is 1.27 bits per heavy atom. The molecule has 0 bridgehead atoms. The third kappa shape index (κ3) is 2.80. The Kier molecular flexibility index (Phi) is 3.89. The van der Waals surface area contributed by atoms with Crippen molar-refractivity contribution in [1.29, 1.82) is 0 Å². The molecule has 1 aromatic rings. The lowest BCUT2D eigenvalue weighted by molar-refractivity contribution is 0.0960. The van der Waals surface area contributed by atoms with Gasteiger partial charge in [-0.2, -0.15) is 0 Å². The first-order chi connectivity index (χ1) is 6.99. The van der Waals surface area contributed by atoms with E-state index in [0.717, 1.165) is 0 Å². The predicted octanol–water partition coefficient (Wildman–Crippen LogP) is 2.98. The van der Waals surface area contributed by atoms with Crippen LogP contribution in [0.15, 0.2) is 24.3 Å². The number of hydrogen-bond acceptors (Lipinski definition) is 2. The molecular weight excluding hydrogens is 186 g/mol. The van der Waals surface area contributed by atoms with E-state index in [2.05, 4.69) is 52.0 Å². The number of nitrogens with two attached hydrogens (primary N) is 1. The van der Waals surface area contributed by atoms with Gasteiger partial charge in [0.15, 0.2) is 0 Å². The Balaban J connectivity index is 3.12. The first-order valence-electron chi connectivity index (χ1n) is 5.40. The van der Waals surface area contributed by atoms with Gasteiger partial charge >= 0.3 is 0 Å². The topological polar surface area (TPSA) is 35.2 Å². The van der Waals surface area contributed by atoms with Gasteiger partial charge in [0.2, 0.25) is 0 Å². The van der Waals surface area contributed by atoms with Crippen molar-refractivity contribution in [2.24, 2.45) is 5.90 Å². The van der Waals surface area contributed by atoms with Crippen LogP contribution in [0.5, 0.6) is 0 Å². The summed E-state index contributed by atoms with van der Waals surface area (Å²) >= 11 is 0. The van der Waals surface area contributed by atoms with Gasteiger partial charge in [0.1, 0.15) is 0 Å². The Hall–Kier alpha value is -0.860. The van der Waals surface area contributed by atoms with Gasteiger partial charge in [-0.1, -0.05) is 52.0 Å². The van der Waals surface area contributed by atoms with Crippen LogP contribution in [0.3, 0.4) is 0 Å². The fraction of sp³-hybridized carbons (Fsp3) is 0.538. The number of benzene rings is 1. The smallest absolute Gasteiger partial charge is 0.0770 e. The summed E-state index contributed by atoms with van der Waals surface area (Å²) < 4.78 is 0. The molecule has 0 aromatic heterocycles. The van der Waals surface area contributed by atoms with Crippen LogP contribution in [0.4, 0.5) is 0 Å². The van der Waals surface area contributed by atoms with Crippen LogP contribution >= 0.6 is 0 Å². The lowest BCUT2D eigenvalue weighted by atomic mass is 9.80. The molecule has 2 heteroatoms. The van der Waals surface area contributed by atoms with Crippen LogP contribution in [0.2, 0.25) is 0 Å². The van der Waals surface area contributed by atoms with Gasteiger partial charge in [-0.05, 0) is 17.0 Å². The summed E-state index contributed by atoms with van der Waals surface area (Å²) in [5, 5.41) is 0. The Morgan fingerprint density at radius 2 is 1.87 bits per heavy atom. The van der Waals surface area contributed by atoms with Crippen LogP contribution in [0.25, 0.3) is 0 Å². The average Bonchev–Trinajstić information content (AvgIpc) is 2.17. The Bertz CT molecular complexity index is 318. The quantitative estimate of drug-likeness (QED) is 0.770. The van der Waals surface area contributed by atoms with E-state index >= 15 is 0 Å². The van der Waals surface area contributed by atoms with Crippen molar-refractivity contribution in [1.82, 2.24) is 0 Å². The van der Waals surface area contributed by atoms with Crippen LogP contribution in [-0.4, -0.2) is 6.61 Å². The zero-order valence-electron chi connectivity index (χ0n) is 10.1. The number of rotatable bonds is 4. The van der Waals surface area contributed by atoms with Crippen LogP contribution in [0, 0.1) is 0 Å². The normalized spacial score (nSPS) is 12.1. The highest BCUT2D eigenvalue weighted by molar-refractivity contribution is 5.35. The minimum absolute atomic E-state index is 0.0321. The van der Waals surface area contributed by atoms with E-state index in [1.807, 2.05) is 0 Å². The fourth-order valence-electron chi connectivity index (χ4n) is 1.90. The molecular formula is C13H21NO. The van der Waals surface area contributed by atoms with Crippen molar-refractivity contribution in [3.8, 4) is 0 Å². The van der Waals surface area contributed by atoms with E-state index < -0.39 is 0 Å². The third-order valence-corrected chi connectivity index (χ3v) is 2.76. The molecule has 0 amide bonds. The van der Waals surface area contributed by atoms with Gasteiger partial charge in [0, 0.05) is 5.41 Å². The summed E-state index contributed by atoms with van der Waals surface area (Å²) in [6.45, 7) is 9.26. The van der Waals surface area contributed by atoms with E-state index in [9.17, 15) is 0 Å². The van der Waals surface area contributed by atoms with Crippen molar-refractivity contribution in [3.05, 3.63) is 35.4 Å². The van der Waals surface area contributed by atoms with Crippen LogP contribution in [0.1, 0.15) is 44.7 Å². The lowest BCUT2D eigenvalue weighted by Gasteiger charge is -2.27. The van der Waals surface area contributed by atoms with E-state index in [1.165, 1.54) is 11.1 Å². The fourth-order valence-corrected chi connectivity index (χ4v) is 1.90. The molecule has 0 unspecified atom stereocenters. The molecule has 2 nitrogen and oxygen atoms in total. The molecule has 0 fully saturated rings. The van der Waals surface area contributed by atoms with E-state index in [4.69, 9.17) is 10.7 Å². The summed E-state index contributed by atoms with van der Waals surface area (Å²) in [6.07, 6.45) is 0. The second-order valence-electron chi connectivity index (χ2n) is 4.94. The highest BCUT2D eigenvalue weighted by atomic mass is 16.6. The van der Waals surface area contributed by atoms with Crippen LogP contribution < -0.4 is 5.90 Å². The summed E-state index contributed by atoms with van der Waals surface area (Å²) in [5.41, 5.74) is 2.67. The number of hydrogen-bond donors (Lipinski definition) is 1. The zero-order valence-corrected chi connectivity index (χ0v) is 10.1. The maximum atomic E-state index is 5.18. The lowest BCUT2D eigenvalue weighted by Crippen LogP contribution is -2.27. The molecule has 0 aliphatic heterocycles. The van der Waals surface area contributed by atoms with Gasteiger partial charge < -0.3 is 4.84 Å². The Morgan fingerprint density at radius 3 is 2.40 bits per heavy atom.